The van der Waals surface area contributed by atoms with Crippen molar-refractivity contribution in [2.24, 2.45) is 0 Å². The Balaban J connectivity index is 2.11. The van der Waals surface area contributed by atoms with Crippen LogP contribution in [0.15, 0.2) is 46.9 Å². The fraction of sp³-hybridized carbons (Fsp3) is 0.0714. The number of nitrogens with zero attached hydrogens (tertiary/aromatic N) is 1. The van der Waals surface area contributed by atoms with Gasteiger partial charge in [0.25, 0.3) is 0 Å². The Labute approximate surface area is 104 Å². The lowest BCUT2D eigenvalue weighted by Crippen LogP contribution is -1.92. The van der Waals surface area contributed by atoms with Crippen LogP contribution in [0, 0.1) is 0 Å². The van der Waals surface area contributed by atoms with Gasteiger partial charge in [0.15, 0.2) is 5.58 Å². The van der Waals surface area contributed by atoms with Crippen LogP contribution in [0.4, 0.5) is 5.69 Å². The molecule has 3 rings (SSSR count). The number of hydrogen-bond donors (Lipinski definition) is 1. The van der Waals surface area contributed by atoms with Gasteiger partial charge in [0.2, 0.25) is 5.89 Å². The number of methoxy groups -OCH3 is 1. The SMILES string of the molecule is COc1ccc(-c2nc3ccccc3o2)cc1N. The summed E-state index contributed by atoms with van der Waals surface area (Å²) < 4.78 is 10.8. The van der Waals surface area contributed by atoms with E-state index in [0.29, 0.717) is 17.3 Å². The van der Waals surface area contributed by atoms with Crippen molar-refractivity contribution in [2.45, 2.75) is 0 Å². The lowest BCUT2D eigenvalue weighted by molar-refractivity contribution is 0.417. The maximum atomic E-state index is 5.87. The molecule has 2 N–H and O–H groups in total. The number of hydrogen-bond acceptors (Lipinski definition) is 4. The molecule has 0 saturated carbocycles. The third kappa shape index (κ3) is 1.68. The standard InChI is InChI=1S/C14H12N2O2/c1-17-12-7-6-9(8-10(12)15)14-16-11-4-2-3-5-13(11)18-14/h2-8H,15H2,1H3. The number of nitrogens with two attached hydrogens (primary N) is 1. The molecule has 2 aromatic carbocycles. The van der Waals surface area contributed by atoms with Crippen molar-refractivity contribution >= 4 is 16.8 Å². The smallest absolute Gasteiger partial charge is 0.227 e. The van der Waals surface area contributed by atoms with Gasteiger partial charge in [0.05, 0.1) is 12.8 Å². The highest BCUT2D eigenvalue weighted by molar-refractivity contribution is 5.77. The van der Waals surface area contributed by atoms with Crippen molar-refractivity contribution in [3.63, 3.8) is 0 Å². The van der Waals surface area contributed by atoms with E-state index in [1.807, 2.05) is 30.3 Å². The highest BCUT2D eigenvalue weighted by Crippen LogP contribution is 2.29. The van der Waals surface area contributed by atoms with Gasteiger partial charge in [-0.15, -0.1) is 0 Å². The summed E-state index contributed by atoms with van der Waals surface area (Å²) in [7, 11) is 1.59. The van der Waals surface area contributed by atoms with Gasteiger partial charge >= 0.3 is 0 Å². The lowest BCUT2D eigenvalue weighted by atomic mass is 10.2. The molecule has 90 valence electrons. The molecular formula is C14H12N2O2. The van der Waals surface area contributed by atoms with Gasteiger partial charge in [-0.2, -0.15) is 0 Å². The van der Waals surface area contributed by atoms with Crippen molar-refractivity contribution in [3.8, 4) is 17.2 Å². The monoisotopic (exact) mass is 240 g/mol. The van der Waals surface area contributed by atoms with Crippen molar-refractivity contribution in [1.29, 1.82) is 0 Å². The van der Waals surface area contributed by atoms with E-state index >= 15 is 0 Å². The van der Waals surface area contributed by atoms with Crippen molar-refractivity contribution in [1.82, 2.24) is 4.98 Å². The average Bonchev–Trinajstić information content (AvgIpc) is 2.82. The number of ether oxygens (including phenoxy) is 1. The Hall–Kier alpha value is -2.49. The fourth-order valence-corrected chi connectivity index (χ4v) is 1.86. The Morgan fingerprint density at radius 2 is 2.00 bits per heavy atom. The predicted octanol–water partition coefficient (Wildman–Crippen LogP) is 3.09. The van der Waals surface area contributed by atoms with Gasteiger partial charge < -0.3 is 14.9 Å². The van der Waals surface area contributed by atoms with Gasteiger partial charge in [-0.3, -0.25) is 0 Å². The van der Waals surface area contributed by atoms with E-state index in [0.717, 1.165) is 16.7 Å². The molecule has 0 amide bonds. The van der Waals surface area contributed by atoms with Crippen LogP contribution < -0.4 is 10.5 Å². The molecule has 0 spiro atoms. The first-order valence-corrected chi connectivity index (χ1v) is 5.57. The second kappa shape index (κ2) is 4.07. The van der Waals surface area contributed by atoms with Crippen LogP contribution in [0.1, 0.15) is 0 Å². The lowest BCUT2D eigenvalue weighted by Gasteiger charge is -2.04. The maximum Gasteiger partial charge on any atom is 0.227 e. The van der Waals surface area contributed by atoms with Crippen molar-refractivity contribution in [2.75, 3.05) is 12.8 Å². The Bertz CT molecular complexity index is 671. The molecule has 1 aromatic heterocycles. The second-order valence-corrected chi connectivity index (χ2v) is 3.94. The molecule has 0 aliphatic rings. The number of nitrogen functional groups attached to an aromatic ring is 1. The molecule has 0 saturated heterocycles. The summed E-state index contributed by atoms with van der Waals surface area (Å²) >= 11 is 0. The molecule has 1 heterocycles. The molecule has 0 unspecified atom stereocenters. The molecule has 0 aliphatic heterocycles. The van der Waals surface area contributed by atoms with E-state index in [2.05, 4.69) is 4.98 Å². The largest absolute Gasteiger partial charge is 0.495 e. The predicted molar refractivity (Wildman–Crippen MR) is 70.4 cm³/mol. The van der Waals surface area contributed by atoms with Gasteiger partial charge in [-0.25, -0.2) is 4.98 Å². The van der Waals surface area contributed by atoms with Crippen LogP contribution in [-0.4, -0.2) is 12.1 Å². The first kappa shape index (κ1) is 10.7. The molecule has 0 radical (unpaired) electrons. The summed E-state index contributed by atoms with van der Waals surface area (Å²) in [5.41, 5.74) is 8.87. The zero-order valence-corrected chi connectivity index (χ0v) is 9.88. The first-order valence-electron chi connectivity index (χ1n) is 5.57. The summed E-state index contributed by atoms with van der Waals surface area (Å²) in [5.74, 6) is 1.21. The summed E-state index contributed by atoms with van der Waals surface area (Å²) in [6, 6.07) is 13.1. The Morgan fingerprint density at radius 1 is 1.17 bits per heavy atom. The van der Waals surface area contributed by atoms with Crippen LogP contribution in [0.2, 0.25) is 0 Å². The van der Waals surface area contributed by atoms with Crippen molar-refractivity contribution in [3.05, 3.63) is 42.5 Å². The Morgan fingerprint density at radius 3 is 2.72 bits per heavy atom. The van der Waals surface area contributed by atoms with Crippen LogP contribution in [-0.2, 0) is 0 Å². The average molecular weight is 240 g/mol. The van der Waals surface area contributed by atoms with Gasteiger partial charge in [0, 0.05) is 5.56 Å². The number of oxazole rings is 1. The zero-order chi connectivity index (χ0) is 12.5. The van der Waals surface area contributed by atoms with Crippen LogP contribution in [0.25, 0.3) is 22.6 Å². The minimum absolute atomic E-state index is 0.561. The number of aromatic nitrogens is 1. The van der Waals surface area contributed by atoms with Gasteiger partial charge in [-0.05, 0) is 30.3 Å². The molecule has 0 bridgehead atoms. The van der Waals surface area contributed by atoms with Gasteiger partial charge in [0.1, 0.15) is 11.3 Å². The number of rotatable bonds is 2. The minimum atomic E-state index is 0.561. The molecule has 0 fully saturated rings. The third-order valence-corrected chi connectivity index (χ3v) is 2.77. The molecule has 18 heavy (non-hydrogen) atoms. The second-order valence-electron chi connectivity index (χ2n) is 3.94. The highest BCUT2D eigenvalue weighted by atomic mass is 16.5. The molecule has 4 nitrogen and oxygen atoms in total. The zero-order valence-electron chi connectivity index (χ0n) is 9.88. The number of fused-ring (bicyclic) bond motifs is 1. The molecule has 3 aromatic rings. The van der Waals surface area contributed by atoms with Crippen molar-refractivity contribution < 1.29 is 9.15 Å². The van der Waals surface area contributed by atoms with E-state index < -0.39 is 0 Å². The van der Waals surface area contributed by atoms with E-state index in [4.69, 9.17) is 14.9 Å². The number of benzene rings is 2. The number of anilines is 1. The molecule has 0 aliphatic carbocycles. The fourth-order valence-electron chi connectivity index (χ4n) is 1.86. The van der Waals surface area contributed by atoms with E-state index in [1.54, 1.807) is 19.2 Å². The summed E-state index contributed by atoms with van der Waals surface area (Å²) in [6.45, 7) is 0. The Kier molecular flexibility index (Phi) is 2.41. The maximum absolute atomic E-state index is 5.87. The topological polar surface area (TPSA) is 61.3 Å². The highest BCUT2D eigenvalue weighted by Gasteiger charge is 2.09. The van der Waals surface area contributed by atoms with Gasteiger partial charge in [-0.1, -0.05) is 12.1 Å². The van der Waals surface area contributed by atoms with Crippen LogP contribution >= 0.6 is 0 Å². The summed E-state index contributed by atoms with van der Waals surface area (Å²) in [4.78, 5) is 4.42. The van der Waals surface area contributed by atoms with E-state index in [1.165, 1.54) is 0 Å². The molecule has 4 heteroatoms. The first-order chi connectivity index (χ1) is 8.78. The summed E-state index contributed by atoms with van der Waals surface area (Å²) in [5, 5.41) is 0. The quantitative estimate of drug-likeness (QED) is 0.699. The minimum Gasteiger partial charge on any atom is -0.495 e. The third-order valence-electron chi connectivity index (χ3n) is 2.77. The number of para-hydroxylation sites is 2. The summed E-state index contributed by atoms with van der Waals surface area (Å²) in [6.07, 6.45) is 0. The molecule has 0 atom stereocenters. The van der Waals surface area contributed by atoms with Crippen LogP contribution in [0.5, 0.6) is 5.75 Å². The van der Waals surface area contributed by atoms with E-state index in [9.17, 15) is 0 Å². The molecular weight excluding hydrogens is 228 g/mol. The van der Waals surface area contributed by atoms with E-state index in [-0.39, 0.29) is 0 Å². The van der Waals surface area contributed by atoms with Crippen LogP contribution in [0.3, 0.4) is 0 Å². The normalized spacial score (nSPS) is 10.7.